The van der Waals surface area contributed by atoms with Crippen molar-refractivity contribution in [3.05, 3.63) is 66.9 Å². The number of rotatable bonds is 4. The van der Waals surface area contributed by atoms with E-state index in [1.807, 2.05) is 0 Å². The zero-order valence-corrected chi connectivity index (χ0v) is 16.5. The fourth-order valence-corrected chi connectivity index (χ4v) is 4.02. The van der Waals surface area contributed by atoms with Gasteiger partial charge in [-0.1, -0.05) is 34.5 Å². The summed E-state index contributed by atoms with van der Waals surface area (Å²) in [6, 6.07) is 8.48. The van der Waals surface area contributed by atoms with Crippen LogP contribution in [0.25, 0.3) is 10.2 Å². The Kier molecular flexibility index (Phi) is 5.78. The van der Waals surface area contributed by atoms with E-state index in [1.165, 1.54) is 48.1 Å². The largest absolute Gasteiger partial charge is 0.468 e. The number of hydrogen-bond acceptors (Lipinski definition) is 6. The fourth-order valence-electron chi connectivity index (χ4n) is 2.44. The molecule has 0 N–H and O–H groups in total. The normalized spacial score (nSPS) is 11.6. The molecule has 0 bridgehead atoms. The summed E-state index contributed by atoms with van der Waals surface area (Å²) < 4.78 is 6.64. The van der Waals surface area contributed by atoms with Gasteiger partial charge in [0.05, 0.1) is 22.2 Å². The third-order valence-electron chi connectivity index (χ3n) is 3.70. The number of carbonyl (C=O) groups excluding carboxylic acids is 2. The first-order valence-electron chi connectivity index (χ1n) is 7.68. The molecule has 0 unspecified atom stereocenters. The van der Waals surface area contributed by atoms with E-state index >= 15 is 0 Å². The van der Waals surface area contributed by atoms with Crippen molar-refractivity contribution in [1.82, 2.24) is 4.57 Å². The molecule has 0 fully saturated rings. The molecule has 2 aromatic carbocycles. The summed E-state index contributed by atoms with van der Waals surface area (Å²) in [5.74, 6) is -1.18. The number of fused-ring (bicyclic) bond motifs is 1. The van der Waals surface area contributed by atoms with Crippen LogP contribution in [0.1, 0.15) is 10.4 Å². The summed E-state index contributed by atoms with van der Waals surface area (Å²) >= 11 is 12.9. The van der Waals surface area contributed by atoms with Gasteiger partial charge in [-0.15, -0.1) is 0 Å². The van der Waals surface area contributed by atoms with Crippen LogP contribution in [0.5, 0.6) is 0 Å². The SMILES string of the molecule is COC(=O)Cn1c(=NC(=O)c2cc(Cl)cc(Cl)c2)sc2cc([N+](=O)[O-])ccc21. The molecule has 3 aromatic rings. The minimum Gasteiger partial charge on any atom is -0.468 e. The highest BCUT2D eigenvalue weighted by molar-refractivity contribution is 7.16. The summed E-state index contributed by atoms with van der Waals surface area (Å²) in [5, 5.41) is 11.6. The first-order chi connectivity index (χ1) is 13.3. The van der Waals surface area contributed by atoms with Gasteiger partial charge >= 0.3 is 5.97 Å². The number of non-ortho nitro benzene ring substituents is 1. The molecule has 0 saturated heterocycles. The van der Waals surface area contributed by atoms with Crippen LogP contribution in [0.4, 0.5) is 5.69 Å². The Labute approximate surface area is 171 Å². The predicted molar refractivity (Wildman–Crippen MR) is 105 cm³/mol. The van der Waals surface area contributed by atoms with Crippen LogP contribution in [0, 0.1) is 10.1 Å². The van der Waals surface area contributed by atoms with E-state index in [0.29, 0.717) is 10.2 Å². The lowest BCUT2D eigenvalue weighted by molar-refractivity contribution is -0.384. The Morgan fingerprint density at radius 3 is 2.50 bits per heavy atom. The molecular formula is C17H11Cl2N3O5S. The molecule has 0 aliphatic heterocycles. The second-order valence-corrected chi connectivity index (χ2v) is 7.41. The van der Waals surface area contributed by atoms with Crippen molar-refractivity contribution in [2.45, 2.75) is 6.54 Å². The van der Waals surface area contributed by atoms with Gasteiger partial charge < -0.3 is 9.30 Å². The molecule has 0 aliphatic rings. The number of nitrogens with zero attached hydrogens (tertiary/aromatic N) is 3. The number of halogens is 2. The number of hydrogen-bond donors (Lipinski definition) is 0. The molecule has 1 amide bonds. The summed E-state index contributed by atoms with van der Waals surface area (Å²) in [5.41, 5.74) is 0.570. The lowest BCUT2D eigenvalue weighted by Gasteiger charge is -2.03. The maximum atomic E-state index is 12.6. The molecule has 1 aromatic heterocycles. The van der Waals surface area contributed by atoms with E-state index in [0.717, 1.165) is 11.3 Å². The Bertz CT molecular complexity index is 1160. The van der Waals surface area contributed by atoms with Crippen molar-refractivity contribution in [1.29, 1.82) is 0 Å². The quantitative estimate of drug-likeness (QED) is 0.349. The first kappa shape index (κ1) is 20.0. The van der Waals surface area contributed by atoms with E-state index in [9.17, 15) is 19.7 Å². The number of esters is 1. The second-order valence-electron chi connectivity index (χ2n) is 5.53. The van der Waals surface area contributed by atoms with Gasteiger partial charge in [0, 0.05) is 27.7 Å². The molecule has 1 heterocycles. The average Bonchev–Trinajstić information content (AvgIpc) is 2.97. The number of ether oxygens (including phenoxy) is 1. The zero-order chi connectivity index (χ0) is 20.4. The van der Waals surface area contributed by atoms with Gasteiger partial charge in [0.2, 0.25) is 0 Å². The molecule has 28 heavy (non-hydrogen) atoms. The zero-order valence-electron chi connectivity index (χ0n) is 14.2. The topological polar surface area (TPSA) is 104 Å². The monoisotopic (exact) mass is 439 g/mol. The number of aromatic nitrogens is 1. The number of nitro groups is 1. The highest BCUT2D eigenvalue weighted by atomic mass is 35.5. The number of methoxy groups -OCH3 is 1. The summed E-state index contributed by atoms with van der Waals surface area (Å²) in [6.07, 6.45) is 0. The molecular weight excluding hydrogens is 429 g/mol. The van der Waals surface area contributed by atoms with Crippen LogP contribution in [0.3, 0.4) is 0 Å². The lowest BCUT2D eigenvalue weighted by atomic mass is 10.2. The van der Waals surface area contributed by atoms with Gasteiger partial charge in [0.25, 0.3) is 11.6 Å². The summed E-state index contributed by atoms with van der Waals surface area (Å²) in [6.45, 7) is -0.212. The maximum absolute atomic E-state index is 12.6. The van der Waals surface area contributed by atoms with Crippen molar-refractivity contribution in [3.63, 3.8) is 0 Å². The third kappa shape index (κ3) is 4.22. The minimum absolute atomic E-state index is 0.113. The van der Waals surface area contributed by atoms with Crippen molar-refractivity contribution >= 4 is 62.3 Å². The van der Waals surface area contributed by atoms with Gasteiger partial charge in [-0.3, -0.25) is 19.7 Å². The molecule has 0 atom stereocenters. The van der Waals surface area contributed by atoms with E-state index in [1.54, 1.807) is 0 Å². The highest BCUT2D eigenvalue weighted by Gasteiger charge is 2.16. The van der Waals surface area contributed by atoms with Crippen molar-refractivity contribution < 1.29 is 19.2 Å². The molecule has 3 rings (SSSR count). The molecule has 0 aliphatic carbocycles. The van der Waals surface area contributed by atoms with Gasteiger partial charge in [0.15, 0.2) is 4.80 Å². The van der Waals surface area contributed by atoms with Crippen LogP contribution in [0.2, 0.25) is 10.0 Å². The number of nitro benzene ring substituents is 1. The van der Waals surface area contributed by atoms with E-state index in [2.05, 4.69) is 9.73 Å². The molecule has 11 heteroatoms. The summed E-state index contributed by atoms with van der Waals surface area (Å²) in [4.78, 5) is 39.1. The van der Waals surface area contributed by atoms with Crippen molar-refractivity contribution in [3.8, 4) is 0 Å². The third-order valence-corrected chi connectivity index (χ3v) is 5.18. The average molecular weight is 440 g/mol. The van der Waals surface area contributed by atoms with E-state index in [4.69, 9.17) is 23.2 Å². The first-order valence-corrected chi connectivity index (χ1v) is 9.25. The van der Waals surface area contributed by atoms with Crippen LogP contribution >= 0.6 is 34.5 Å². The van der Waals surface area contributed by atoms with Crippen molar-refractivity contribution in [2.75, 3.05) is 7.11 Å². The van der Waals surface area contributed by atoms with Crippen LogP contribution in [-0.2, 0) is 16.1 Å². The Morgan fingerprint density at radius 2 is 1.89 bits per heavy atom. The smallest absolute Gasteiger partial charge is 0.325 e. The molecule has 0 radical (unpaired) electrons. The standard InChI is InChI=1S/C17H11Cl2N3O5S/c1-27-15(23)8-21-13-3-2-12(22(25)26)7-14(13)28-17(21)20-16(24)9-4-10(18)6-11(19)5-9/h2-7H,8H2,1H3. The lowest BCUT2D eigenvalue weighted by Crippen LogP contribution is -2.22. The van der Waals surface area contributed by atoms with Crippen LogP contribution < -0.4 is 4.80 Å². The number of carbonyl (C=O) groups is 2. The fraction of sp³-hybridized carbons (Fsp3) is 0.118. The molecule has 144 valence electrons. The van der Waals surface area contributed by atoms with Gasteiger partial charge in [0.1, 0.15) is 6.54 Å². The predicted octanol–water partition coefficient (Wildman–Crippen LogP) is 3.83. The second kappa shape index (κ2) is 8.09. The number of amides is 1. The van der Waals surface area contributed by atoms with Crippen molar-refractivity contribution in [2.24, 2.45) is 4.99 Å². The Balaban J connectivity index is 2.18. The number of benzene rings is 2. The molecule has 0 saturated carbocycles. The Morgan fingerprint density at radius 1 is 1.21 bits per heavy atom. The van der Waals surface area contributed by atoms with Crippen LogP contribution in [0.15, 0.2) is 41.4 Å². The number of thiazole rings is 1. The minimum atomic E-state index is -0.621. The van der Waals surface area contributed by atoms with Gasteiger partial charge in [-0.2, -0.15) is 4.99 Å². The molecule has 8 nitrogen and oxygen atoms in total. The Hall–Kier alpha value is -2.75. The van der Waals surface area contributed by atoms with Gasteiger partial charge in [-0.05, 0) is 24.3 Å². The van der Waals surface area contributed by atoms with Gasteiger partial charge in [-0.25, -0.2) is 0 Å². The van der Waals surface area contributed by atoms with E-state index in [-0.39, 0.29) is 32.6 Å². The van der Waals surface area contributed by atoms with E-state index < -0.39 is 16.8 Å². The highest BCUT2D eigenvalue weighted by Crippen LogP contribution is 2.24. The maximum Gasteiger partial charge on any atom is 0.325 e. The molecule has 0 spiro atoms. The van der Waals surface area contributed by atoms with Crippen LogP contribution in [-0.4, -0.2) is 28.5 Å². The summed E-state index contributed by atoms with van der Waals surface area (Å²) in [7, 11) is 1.23.